The zero-order valence-corrected chi connectivity index (χ0v) is 17.6. The van der Waals surface area contributed by atoms with Gasteiger partial charge in [-0.15, -0.1) is 0 Å². The monoisotopic (exact) mass is 473 g/mol. The molecule has 0 saturated heterocycles. The van der Waals surface area contributed by atoms with Crippen molar-refractivity contribution < 1.29 is 32.9 Å². The molecule has 1 heterocycles. The minimum Gasteiger partial charge on any atom is -0.485 e. The number of aliphatic hydroxyl groups is 1. The zero-order chi connectivity index (χ0) is 21.6. The summed E-state index contributed by atoms with van der Waals surface area (Å²) in [6.07, 6.45) is -1.26. The van der Waals surface area contributed by atoms with Crippen LogP contribution in [0.2, 0.25) is 10.0 Å². The Hall–Kier alpha value is -2.04. The van der Waals surface area contributed by atoms with Gasteiger partial charge in [-0.3, -0.25) is 0 Å². The van der Waals surface area contributed by atoms with Crippen LogP contribution in [-0.2, 0) is 14.8 Å². The van der Waals surface area contributed by atoms with Gasteiger partial charge in [-0.05, 0) is 24.3 Å². The lowest BCUT2D eigenvalue weighted by molar-refractivity contribution is -0.139. The standard InChI is InChI=1S/C19H17Cl2NO7S/c20-11-5-4-9(6-12(11)21)30(26,27)22-18-13(23)7-15-17(18)10-2-1-3-14(19(10)29-15)28-8-16(24)25/h1-6,13,15,17-18,22-23H,7-8H2,(H,24,25). The van der Waals surface area contributed by atoms with Crippen LogP contribution in [0.25, 0.3) is 0 Å². The fourth-order valence-corrected chi connectivity index (χ4v) is 5.57. The van der Waals surface area contributed by atoms with Gasteiger partial charge in [0.2, 0.25) is 10.0 Å². The number of carboxylic acid groups (broad SMARTS) is 1. The van der Waals surface area contributed by atoms with E-state index in [0.717, 1.165) is 0 Å². The van der Waals surface area contributed by atoms with E-state index in [1.54, 1.807) is 18.2 Å². The van der Waals surface area contributed by atoms with E-state index in [1.165, 1.54) is 18.2 Å². The normalized spacial score (nSPS) is 24.8. The highest BCUT2D eigenvalue weighted by Gasteiger charge is 2.51. The van der Waals surface area contributed by atoms with Crippen molar-refractivity contribution in [3.05, 3.63) is 52.0 Å². The number of carbonyl (C=O) groups is 1. The summed E-state index contributed by atoms with van der Waals surface area (Å²) in [7, 11) is -4.01. The number of rotatable bonds is 6. The Morgan fingerprint density at radius 2 is 2.00 bits per heavy atom. The van der Waals surface area contributed by atoms with Crippen molar-refractivity contribution in [2.45, 2.75) is 35.5 Å². The SMILES string of the molecule is O=C(O)COc1cccc2c1OC1CC(O)C(NS(=O)(=O)c3ccc(Cl)c(Cl)c3)C21. The number of carboxylic acids is 1. The van der Waals surface area contributed by atoms with Crippen LogP contribution >= 0.6 is 23.2 Å². The molecule has 2 aromatic carbocycles. The Balaban J connectivity index is 1.63. The van der Waals surface area contributed by atoms with Gasteiger partial charge in [-0.2, -0.15) is 0 Å². The molecule has 1 fully saturated rings. The number of aliphatic carboxylic acids is 1. The summed E-state index contributed by atoms with van der Waals surface area (Å²) in [5.74, 6) is -0.987. The molecule has 8 nitrogen and oxygen atoms in total. The molecule has 4 unspecified atom stereocenters. The van der Waals surface area contributed by atoms with Crippen LogP contribution in [0.15, 0.2) is 41.3 Å². The van der Waals surface area contributed by atoms with Gasteiger partial charge in [0.15, 0.2) is 18.1 Å². The van der Waals surface area contributed by atoms with Crippen LogP contribution in [-0.4, -0.2) is 49.5 Å². The van der Waals surface area contributed by atoms with E-state index in [4.69, 9.17) is 37.8 Å². The number of aliphatic hydroxyl groups excluding tert-OH is 1. The molecule has 3 N–H and O–H groups in total. The molecule has 1 saturated carbocycles. The van der Waals surface area contributed by atoms with Gasteiger partial charge in [0, 0.05) is 17.9 Å². The summed E-state index contributed by atoms with van der Waals surface area (Å²) in [6, 6.07) is 8.07. The molecule has 0 radical (unpaired) electrons. The van der Waals surface area contributed by atoms with E-state index >= 15 is 0 Å². The van der Waals surface area contributed by atoms with E-state index in [2.05, 4.69) is 4.72 Å². The molecule has 30 heavy (non-hydrogen) atoms. The van der Waals surface area contributed by atoms with E-state index < -0.39 is 46.8 Å². The summed E-state index contributed by atoms with van der Waals surface area (Å²) >= 11 is 11.8. The van der Waals surface area contributed by atoms with Crippen molar-refractivity contribution in [2.75, 3.05) is 6.61 Å². The molecule has 1 aliphatic heterocycles. The number of para-hydroxylation sites is 1. The summed E-state index contributed by atoms with van der Waals surface area (Å²) in [4.78, 5) is 10.7. The number of nitrogens with one attached hydrogen (secondary N) is 1. The Bertz CT molecular complexity index is 1110. The van der Waals surface area contributed by atoms with Crippen molar-refractivity contribution in [3.8, 4) is 11.5 Å². The molecule has 0 aromatic heterocycles. The Morgan fingerprint density at radius 1 is 1.23 bits per heavy atom. The van der Waals surface area contributed by atoms with Crippen molar-refractivity contribution in [1.82, 2.24) is 4.72 Å². The maximum atomic E-state index is 12.9. The number of ether oxygens (including phenoxy) is 2. The first-order chi connectivity index (χ1) is 14.2. The fraction of sp³-hybridized carbons (Fsp3) is 0.316. The molecule has 11 heteroatoms. The van der Waals surface area contributed by atoms with Crippen LogP contribution in [0.3, 0.4) is 0 Å². The van der Waals surface area contributed by atoms with Crippen LogP contribution < -0.4 is 14.2 Å². The molecule has 4 rings (SSSR count). The van der Waals surface area contributed by atoms with Gasteiger partial charge < -0.3 is 19.7 Å². The van der Waals surface area contributed by atoms with Crippen molar-refractivity contribution in [3.63, 3.8) is 0 Å². The number of sulfonamides is 1. The minimum atomic E-state index is -4.01. The maximum absolute atomic E-state index is 12.9. The van der Waals surface area contributed by atoms with Crippen LogP contribution in [0, 0.1) is 0 Å². The Morgan fingerprint density at radius 3 is 2.70 bits per heavy atom. The third-order valence-corrected chi connectivity index (χ3v) is 7.35. The van der Waals surface area contributed by atoms with E-state index in [9.17, 15) is 18.3 Å². The molecule has 160 valence electrons. The molecular weight excluding hydrogens is 457 g/mol. The summed E-state index contributed by atoms with van der Waals surface area (Å²) in [6.45, 7) is -0.537. The lowest BCUT2D eigenvalue weighted by atomic mass is 9.94. The number of hydrogen-bond acceptors (Lipinski definition) is 6. The lowest BCUT2D eigenvalue weighted by Gasteiger charge is -2.22. The van der Waals surface area contributed by atoms with Crippen LogP contribution in [0.4, 0.5) is 0 Å². The van der Waals surface area contributed by atoms with Gasteiger partial charge in [0.05, 0.1) is 27.1 Å². The topological polar surface area (TPSA) is 122 Å². The molecule has 0 amide bonds. The highest BCUT2D eigenvalue weighted by molar-refractivity contribution is 7.89. The Labute approximate surface area is 182 Å². The smallest absolute Gasteiger partial charge is 0.341 e. The van der Waals surface area contributed by atoms with Gasteiger partial charge in [-0.1, -0.05) is 35.3 Å². The molecule has 2 aromatic rings. The summed E-state index contributed by atoms with van der Waals surface area (Å²) < 4.78 is 39.5. The number of halogens is 2. The molecule has 0 bridgehead atoms. The van der Waals surface area contributed by atoms with E-state index in [0.29, 0.717) is 11.3 Å². The second-order valence-corrected chi connectivity index (χ2v) is 9.59. The first-order valence-corrected chi connectivity index (χ1v) is 11.2. The third-order valence-electron chi connectivity index (χ3n) is 5.16. The van der Waals surface area contributed by atoms with Gasteiger partial charge in [0.1, 0.15) is 6.10 Å². The van der Waals surface area contributed by atoms with E-state index in [-0.39, 0.29) is 27.1 Å². The van der Waals surface area contributed by atoms with Gasteiger partial charge >= 0.3 is 5.97 Å². The summed E-state index contributed by atoms with van der Waals surface area (Å²) in [5.41, 5.74) is 0.640. The first-order valence-electron chi connectivity index (χ1n) is 8.97. The minimum absolute atomic E-state index is 0.0785. The molecule has 4 atom stereocenters. The van der Waals surface area contributed by atoms with Crippen LogP contribution in [0.1, 0.15) is 17.9 Å². The number of fused-ring (bicyclic) bond motifs is 3. The molecule has 1 aliphatic carbocycles. The second-order valence-electron chi connectivity index (χ2n) is 7.07. The fourth-order valence-electron chi connectivity index (χ4n) is 3.89. The molecular formula is C19H17Cl2NO7S. The molecule has 0 spiro atoms. The number of hydrogen-bond donors (Lipinski definition) is 3. The predicted molar refractivity (Wildman–Crippen MR) is 108 cm³/mol. The van der Waals surface area contributed by atoms with Crippen molar-refractivity contribution in [1.29, 1.82) is 0 Å². The van der Waals surface area contributed by atoms with Gasteiger partial charge in [-0.25, -0.2) is 17.9 Å². The third kappa shape index (κ3) is 3.83. The molecule has 2 aliphatic rings. The average Bonchev–Trinajstić information content (AvgIpc) is 3.18. The number of benzene rings is 2. The second kappa shape index (κ2) is 7.90. The predicted octanol–water partition coefficient (Wildman–Crippen LogP) is 2.41. The first kappa shape index (κ1) is 21.2. The maximum Gasteiger partial charge on any atom is 0.341 e. The average molecular weight is 474 g/mol. The highest BCUT2D eigenvalue weighted by Crippen LogP contribution is 2.51. The Kier molecular flexibility index (Phi) is 5.58. The zero-order valence-electron chi connectivity index (χ0n) is 15.3. The lowest BCUT2D eigenvalue weighted by Crippen LogP contribution is -2.43. The highest BCUT2D eigenvalue weighted by atomic mass is 35.5. The van der Waals surface area contributed by atoms with E-state index in [1.807, 2.05) is 0 Å². The van der Waals surface area contributed by atoms with Crippen LogP contribution in [0.5, 0.6) is 11.5 Å². The summed E-state index contributed by atoms with van der Waals surface area (Å²) in [5, 5.41) is 19.7. The van der Waals surface area contributed by atoms with Crippen molar-refractivity contribution >= 4 is 39.2 Å². The quantitative estimate of drug-likeness (QED) is 0.588. The largest absolute Gasteiger partial charge is 0.485 e. The van der Waals surface area contributed by atoms with Gasteiger partial charge in [0.25, 0.3) is 0 Å². The van der Waals surface area contributed by atoms with Crippen molar-refractivity contribution in [2.24, 2.45) is 0 Å².